The molecule has 3 aromatic rings. The SMILES string of the molecule is C#C[C@H](C)c1cnc2c(Nc3cc(F)c(F)c(C[C@@](C)(SC(N)=NC)C(F)F)c3)nccc2n1. The Hall–Kier alpha value is -3.39. The van der Waals surface area contributed by atoms with E-state index in [1.807, 2.05) is 6.92 Å². The summed E-state index contributed by atoms with van der Waals surface area (Å²) in [7, 11) is 1.36. The van der Waals surface area contributed by atoms with Gasteiger partial charge in [-0.15, -0.1) is 6.42 Å². The predicted octanol–water partition coefficient (Wildman–Crippen LogP) is 5.03. The number of aromatic nitrogens is 3. The summed E-state index contributed by atoms with van der Waals surface area (Å²) in [5, 5.41) is 2.79. The van der Waals surface area contributed by atoms with Crippen LogP contribution in [0.25, 0.3) is 11.0 Å². The van der Waals surface area contributed by atoms with Crippen molar-refractivity contribution in [2.75, 3.05) is 12.4 Å². The van der Waals surface area contributed by atoms with E-state index in [4.69, 9.17) is 12.2 Å². The molecule has 0 bridgehead atoms. The van der Waals surface area contributed by atoms with Crippen LogP contribution in [0.5, 0.6) is 0 Å². The van der Waals surface area contributed by atoms with Crippen LogP contribution in [0.15, 0.2) is 35.6 Å². The number of hydrogen-bond acceptors (Lipinski definition) is 6. The van der Waals surface area contributed by atoms with E-state index in [-0.39, 0.29) is 28.2 Å². The molecule has 2 aromatic heterocycles. The van der Waals surface area contributed by atoms with E-state index in [1.165, 1.54) is 32.4 Å². The lowest BCUT2D eigenvalue weighted by Gasteiger charge is -2.28. The van der Waals surface area contributed by atoms with Crippen molar-refractivity contribution in [3.8, 4) is 12.3 Å². The van der Waals surface area contributed by atoms with Gasteiger partial charge in [-0.2, -0.15) is 0 Å². The average Bonchev–Trinajstić information content (AvgIpc) is 2.81. The smallest absolute Gasteiger partial charge is 0.253 e. The molecule has 0 fully saturated rings. The Morgan fingerprint density at radius 1 is 1.32 bits per heavy atom. The third-order valence-corrected chi connectivity index (χ3v) is 6.28. The summed E-state index contributed by atoms with van der Waals surface area (Å²) in [6, 6.07) is 3.81. The highest BCUT2D eigenvalue weighted by atomic mass is 32.2. The van der Waals surface area contributed by atoms with E-state index < -0.39 is 29.2 Å². The van der Waals surface area contributed by atoms with Gasteiger partial charge in [0.05, 0.1) is 28.1 Å². The molecule has 2 heterocycles. The molecule has 34 heavy (non-hydrogen) atoms. The number of benzene rings is 1. The molecule has 0 unspecified atom stereocenters. The highest BCUT2D eigenvalue weighted by molar-refractivity contribution is 8.15. The number of hydrogen-bond donors (Lipinski definition) is 2. The molecule has 178 valence electrons. The second kappa shape index (κ2) is 10.3. The van der Waals surface area contributed by atoms with Gasteiger partial charge in [-0.1, -0.05) is 17.7 Å². The molecular weight excluding hydrogens is 468 g/mol. The maximum atomic E-state index is 14.6. The number of pyridine rings is 1. The van der Waals surface area contributed by atoms with Gasteiger partial charge in [-0.3, -0.25) is 4.99 Å². The van der Waals surface area contributed by atoms with E-state index in [0.29, 0.717) is 28.5 Å². The predicted molar refractivity (Wildman–Crippen MR) is 127 cm³/mol. The molecule has 3 N–H and O–H groups in total. The number of aliphatic imine (C=N–C) groups is 1. The molecule has 0 saturated carbocycles. The number of alkyl halides is 2. The van der Waals surface area contributed by atoms with Crippen LogP contribution in [-0.4, -0.2) is 38.3 Å². The molecule has 1 aromatic carbocycles. The molecule has 0 radical (unpaired) electrons. The Morgan fingerprint density at radius 3 is 2.71 bits per heavy atom. The Balaban J connectivity index is 1.98. The molecule has 0 aliphatic heterocycles. The van der Waals surface area contributed by atoms with Crippen LogP contribution < -0.4 is 11.1 Å². The summed E-state index contributed by atoms with van der Waals surface area (Å²) in [6.45, 7) is 3.03. The number of thioether (sulfide) groups is 1. The number of fused-ring (bicyclic) bond motifs is 1. The Labute approximate surface area is 198 Å². The Morgan fingerprint density at radius 2 is 2.06 bits per heavy atom. The fourth-order valence-electron chi connectivity index (χ4n) is 3.15. The number of halogens is 4. The standard InChI is InChI=1S/C23H22F4N6S/c1-5-12(2)17-11-31-19-16(33-17)6-7-30-20(19)32-14-8-13(18(25)15(24)9-14)10-23(3,21(26)27)34-22(28)29-4/h1,6-9,11-12,21H,10H2,2-4H3,(H2,28,29)(H,30,32)/t12-,23+/m0/s1. The molecule has 3 rings (SSSR count). The van der Waals surface area contributed by atoms with Crippen molar-refractivity contribution in [2.24, 2.45) is 10.7 Å². The zero-order valence-electron chi connectivity index (χ0n) is 18.6. The second-order valence-corrected chi connectivity index (χ2v) is 9.28. The first kappa shape index (κ1) is 25.2. The number of rotatable bonds is 7. The van der Waals surface area contributed by atoms with E-state index in [2.05, 4.69) is 31.2 Å². The molecular formula is C23H22F4N6S. The van der Waals surface area contributed by atoms with Crippen molar-refractivity contribution < 1.29 is 17.6 Å². The van der Waals surface area contributed by atoms with Gasteiger partial charge in [0.25, 0.3) is 6.43 Å². The Bertz CT molecular complexity index is 1280. The van der Waals surface area contributed by atoms with Crippen molar-refractivity contribution in [1.82, 2.24) is 15.0 Å². The largest absolute Gasteiger partial charge is 0.379 e. The highest BCUT2D eigenvalue weighted by Crippen LogP contribution is 2.37. The third-order valence-electron chi connectivity index (χ3n) is 5.10. The van der Waals surface area contributed by atoms with Crippen LogP contribution in [0.2, 0.25) is 0 Å². The summed E-state index contributed by atoms with van der Waals surface area (Å²) >= 11 is 0.605. The van der Waals surface area contributed by atoms with Gasteiger partial charge in [-0.05, 0) is 38.0 Å². The van der Waals surface area contributed by atoms with Gasteiger partial charge in [0.15, 0.2) is 22.6 Å². The second-order valence-electron chi connectivity index (χ2n) is 7.72. The molecule has 0 amide bonds. The van der Waals surface area contributed by atoms with Gasteiger partial charge in [0, 0.05) is 25.0 Å². The van der Waals surface area contributed by atoms with Crippen molar-refractivity contribution in [3.63, 3.8) is 0 Å². The average molecular weight is 491 g/mol. The molecule has 0 aliphatic rings. The normalized spacial score (nSPS) is 14.6. The van der Waals surface area contributed by atoms with Crippen LogP contribution >= 0.6 is 11.8 Å². The van der Waals surface area contributed by atoms with Crippen molar-refractivity contribution in [2.45, 2.75) is 37.4 Å². The number of anilines is 2. The molecule has 0 aliphatic carbocycles. The maximum Gasteiger partial charge on any atom is 0.253 e. The van der Waals surface area contributed by atoms with Crippen molar-refractivity contribution >= 4 is 39.5 Å². The van der Waals surface area contributed by atoms with E-state index in [1.54, 1.807) is 6.07 Å². The fraction of sp³-hybridized carbons (Fsp3) is 0.304. The summed E-state index contributed by atoms with van der Waals surface area (Å²) in [6.07, 6.45) is 5.05. The van der Waals surface area contributed by atoms with Crippen molar-refractivity contribution in [3.05, 3.63) is 53.5 Å². The molecule has 11 heteroatoms. The lowest BCUT2D eigenvalue weighted by Crippen LogP contribution is -2.36. The van der Waals surface area contributed by atoms with Gasteiger partial charge < -0.3 is 11.1 Å². The number of terminal acetylenes is 1. The van der Waals surface area contributed by atoms with E-state index in [9.17, 15) is 17.6 Å². The number of nitrogens with zero attached hydrogens (tertiary/aromatic N) is 4. The van der Waals surface area contributed by atoms with E-state index >= 15 is 0 Å². The lowest BCUT2D eigenvalue weighted by molar-refractivity contribution is 0.106. The molecule has 6 nitrogen and oxygen atoms in total. The Kier molecular flexibility index (Phi) is 7.61. The summed E-state index contributed by atoms with van der Waals surface area (Å²) in [5.74, 6) is 0.146. The first-order valence-electron chi connectivity index (χ1n) is 10.1. The number of amidine groups is 1. The van der Waals surface area contributed by atoms with Crippen LogP contribution in [0.1, 0.15) is 31.0 Å². The minimum Gasteiger partial charge on any atom is -0.379 e. The van der Waals surface area contributed by atoms with Gasteiger partial charge in [0.2, 0.25) is 0 Å². The van der Waals surface area contributed by atoms with Crippen LogP contribution in [-0.2, 0) is 6.42 Å². The zero-order chi connectivity index (χ0) is 25.0. The monoisotopic (exact) mass is 490 g/mol. The van der Waals surface area contributed by atoms with Crippen LogP contribution in [0.4, 0.5) is 29.1 Å². The minimum atomic E-state index is -2.88. The van der Waals surface area contributed by atoms with Crippen LogP contribution in [0, 0.1) is 24.0 Å². The van der Waals surface area contributed by atoms with Gasteiger partial charge in [0.1, 0.15) is 5.52 Å². The fourth-order valence-corrected chi connectivity index (χ4v) is 4.04. The van der Waals surface area contributed by atoms with Gasteiger partial charge in [-0.25, -0.2) is 32.5 Å². The molecule has 0 spiro atoms. The van der Waals surface area contributed by atoms with Crippen LogP contribution in [0.3, 0.4) is 0 Å². The first-order valence-corrected chi connectivity index (χ1v) is 10.9. The lowest BCUT2D eigenvalue weighted by atomic mass is 9.99. The summed E-state index contributed by atoms with van der Waals surface area (Å²) in [4.78, 5) is 16.7. The molecule has 2 atom stereocenters. The summed E-state index contributed by atoms with van der Waals surface area (Å²) < 4.78 is 54.8. The topological polar surface area (TPSA) is 89.1 Å². The number of nitrogens with two attached hydrogens (primary N) is 1. The quantitative estimate of drug-likeness (QED) is 0.209. The van der Waals surface area contributed by atoms with E-state index in [0.717, 1.165) is 6.07 Å². The van der Waals surface area contributed by atoms with Gasteiger partial charge >= 0.3 is 0 Å². The highest BCUT2D eigenvalue weighted by Gasteiger charge is 2.38. The van der Waals surface area contributed by atoms with Crippen molar-refractivity contribution in [1.29, 1.82) is 0 Å². The maximum absolute atomic E-state index is 14.6. The first-order chi connectivity index (χ1) is 16.1. The zero-order valence-corrected chi connectivity index (χ0v) is 19.4. The third kappa shape index (κ3) is 5.39. The minimum absolute atomic E-state index is 0.0880. The number of nitrogens with one attached hydrogen (secondary N) is 1. The molecule has 0 saturated heterocycles. The summed E-state index contributed by atoms with van der Waals surface area (Å²) in [5.41, 5.74) is 6.94.